The summed E-state index contributed by atoms with van der Waals surface area (Å²) >= 11 is 0. The van der Waals surface area contributed by atoms with Gasteiger partial charge in [0, 0.05) is 5.41 Å². The number of aromatic hydroxyl groups is 2. The molecule has 3 aromatic carbocycles. The lowest BCUT2D eigenvalue weighted by Gasteiger charge is -2.26. The van der Waals surface area contributed by atoms with Crippen LogP contribution in [0, 0.1) is 6.92 Å². The number of hydrogen-bond donors (Lipinski definition) is 2. The molecular weight excluding hydrogens is 296 g/mol. The fraction of sp³-hybridized carbons (Fsp3) is 0.182. The van der Waals surface area contributed by atoms with Gasteiger partial charge in [-0.05, 0) is 41.8 Å². The van der Waals surface area contributed by atoms with Gasteiger partial charge < -0.3 is 10.2 Å². The van der Waals surface area contributed by atoms with Gasteiger partial charge in [0.25, 0.3) is 0 Å². The molecule has 0 aliphatic rings. The number of phenolic OH excluding ortho intramolecular Hbond substituents is 2. The molecule has 3 aromatic rings. The molecule has 2 heteroatoms. The minimum Gasteiger partial charge on any atom is -0.508 e. The van der Waals surface area contributed by atoms with Gasteiger partial charge in [0.05, 0.1) is 0 Å². The number of aryl methyl sites for hydroxylation is 1. The lowest BCUT2D eigenvalue weighted by atomic mass is 9.78. The van der Waals surface area contributed by atoms with Gasteiger partial charge in [-0.15, -0.1) is 0 Å². The third kappa shape index (κ3) is 4.39. The van der Waals surface area contributed by atoms with E-state index >= 15 is 0 Å². The van der Waals surface area contributed by atoms with Crippen molar-refractivity contribution in [3.63, 3.8) is 0 Å². The van der Waals surface area contributed by atoms with Crippen LogP contribution < -0.4 is 0 Å². The van der Waals surface area contributed by atoms with Crippen LogP contribution in [0.4, 0.5) is 0 Å². The molecular formula is C22H24O2. The number of phenols is 2. The first kappa shape index (κ1) is 17.6. The molecule has 0 spiro atoms. The molecule has 124 valence electrons. The molecule has 24 heavy (non-hydrogen) atoms. The zero-order valence-corrected chi connectivity index (χ0v) is 14.4. The summed E-state index contributed by atoms with van der Waals surface area (Å²) in [7, 11) is 0. The summed E-state index contributed by atoms with van der Waals surface area (Å²) in [6.07, 6.45) is 0. The lowest BCUT2D eigenvalue weighted by Crippen LogP contribution is -2.18. The maximum absolute atomic E-state index is 9.29. The summed E-state index contributed by atoms with van der Waals surface area (Å²) in [4.78, 5) is 0. The average molecular weight is 320 g/mol. The van der Waals surface area contributed by atoms with Crippen LogP contribution in [0.25, 0.3) is 0 Å². The summed E-state index contributed by atoms with van der Waals surface area (Å²) in [5, 5.41) is 18.2. The number of hydrogen-bond acceptors (Lipinski definition) is 2. The highest BCUT2D eigenvalue weighted by Gasteiger charge is 2.22. The molecule has 0 unspecified atom stereocenters. The van der Waals surface area contributed by atoms with Gasteiger partial charge in [0.15, 0.2) is 0 Å². The van der Waals surface area contributed by atoms with Gasteiger partial charge in [-0.25, -0.2) is 0 Å². The van der Waals surface area contributed by atoms with Gasteiger partial charge in [0.2, 0.25) is 0 Å². The summed E-state index contributed by atoms with van der Waals surface area (Å²) in [6, 6.07) is 25.1. The highest BCUT2D eigenvalue weighted by atomic mass is 16.3. The normalized spacial score (nSPS) is 10.6. The third-order valence-corrected chi connectivity index (χ3v) is 4.20. The van der Waals surface area contributed by atoms with Crippen molar-refractivity contribution >= 4 is 0 Å². The Morgan fingerprint density at radius 1 is 0.625 bits per heavy atom. The van der Waals surface area contributed by atoms with Crippen LogP contribution in [0.15, 0.2) is 78.9 Å². The summed E-state index contributed by atoms with van der Waals surface area (Å²) in [5.41, 5.74) is 3.37. The molecule has 0 amide bonds. The molecule has 0 fully saturated rings. The van der Waals surface area contributed by atoms with Crippen LogP contribution >= 0.6 is 0 Å². The fourth-order valence-electron chi connectivity index (χ4n) is 2.46. The molecule has 2 nitrogen and oxygen atoms in total. The first-order valence-electron chi connectivity index (χ1n) is 8.01. The molecule has 0 atom stereocenters. The van der Waals surface area contributed by atoms with E-state index in [2.05, 4.69) is 38.1 Å². The van der Waals surface area contributed by atoms with Crippen molar-refractivity contribution in [2.75, 3.05) is 0 Å². The van der Waals surface area contributed by atoms with E-state index in [1.165, 1.54) is 11.1 Å². The van der Waals surface area contributed by atoms with Crippen molar-refractivity contribution in [3.05, 3.63) is 95.6 Å². The molecule has 0 bridgehead atoms. The Labute approximate surface area is 144 Å². The Bertz CT molecular complexity index is 738. The molecule has 0 aliphatic heterocycles. The quantitative estimate of drug-likeness (QED) is 0.662. The molecule has 2 N–H and O–H groups in total. The zero-order chi connectivity index (χ0) is 17.6. The monoisotopic (exact) mass is 320 g/mol. The van der Waals surface area contributed by atoms with Crippen LogP contribution in [0.2, 0.25) is 0 Å². The topological polar surface area (TPSA) is 40.5 Å². The standard InChI is InChI=1S/C15H16O.C7H8O/c1-15(2,12-6-4-3-5-7-12)13-8-10-14(16)11-9-13;1-6-4-2-3-5-7(6)8/h3-11,16H,1-2H3;2-5,8H,1H3. The van der Waals surface area contributed by atoms with Crippen LogP contribution in [-0.4, -0.2) is 10.2 Å². The van der Waals surface area contributed by atoms with Crippen LogP contribution in [-0.2, 0) is 5.41 Å². The second-order valence-corrected chi connectivity index (χ2v) is 6.32. The number of rotatable bonds is 2. The highest BCUT2D eigenvalue weighted by Crippen LogP contribution is 2.31. The van der Waals surface area contributed by atoms with E-state index in [-0.39, 0.29) is 5.41 Å². The van der Waals surface area contributed by atoms with E-state index in [1.54, 1.807) is 18.2 Å². The van der Waals surface area contributed by atoms with E-state index < -0.39 is 0 Å². The molecule has 0 aromatic heterocycles. The van der Waals surface area contributed by atoms with E-state index in [4.69, 9.17) is 5.11 Å². The average Bonchev–Trinajstić information content (AvgIpc) is 2.59. The van der Waals surface area contributed by atoms with Crippen LogP contribution in [0.1, 0.15) is 30.5 Å². The Morgan fingerprint density at radius 2 is 1.12 bits per heavy atom. The fourth-order valence-corrected chi connectivity index (χ4v) is 2.46. The predicted octanol–water partition coefficient (Wildman–Crippen LogP) is 5.42. The van der Waals surface area contributed by atoms with Crippen molar-refractivity contribution in [1.29, 1.82) is 0 Å². The second-order valence-electron chi connectivity index (χ2n) is 6.32. The maximum atomic E-state index is 9.29. The number of benzene rings is 3. The van der Waals surface area contributed by atoms with Crippen molar-refractivity contribution in [2.45, 2.75) is 26.2 Å². The molecule has 0 radical (unpaired) electrons. The smallest absolute Gasteiger partial charge is 0.118 e. The molecule has 0 aliphatic carbocycles. The van der Waals surface area contributed by atoms with Crippen LogP contribution in [0.3, 0.4) is 0 Å². The Hall–Kier alpha value is -2.74. The van der Waals surface area contributed by atoms with Gasteiger partial charge >= 0.3 is 0 Å². The largest absolute Gasteiger partial charge is 0.508 e. The van der Waals surface area contributed by atoms with Gasteiger partial charge in [0.1, 0.15) is 11.5 Å². The van der Waals surface area contributed by atoms with E-state index in [0.717, 1.165) is 5.56 Å². The van der Waals surface area contributed by atoms with Gasteiger partial charge in [-0.3, -0.25) is 0 Å². The molecule has 3 rings (SSSR count). The van der Waals surface area contributed by atoms with Crippen LogP contribution in [0.5, 0.6) is 11.5 Å². The third-order valence-electron chi connectivity index (χ3n) is 4.20. The molecule has 0 saturated carbocycles. The molecule has 0 heterocycles. The molecule has 0 saturated heterocycles. The lowest BCUT2D eigenvalue weighted by molar-refractivity contribution is 0.471. The summed E-state index contributed by atoms with van der Waals surface area (Å²) in [5.74, 6) is 0.681. The minimum absolute atomic E-state index is 0.0328. The SMILES string of the molecule is CC(C)(c1ccccc1)c1ccc(O)cc1.Cc1ccccc1O. The van der Waals surface area contributed by atoms with Gasteiger partial charge in [-0.2, -0.15) is 0 Å². The van der Waals surface area contributed by atoms with E-state index in [9.17, 15) is 5.11 Å². The summed E-state index contributed by atoms with van der Waals surface area (Å²) < 4.78 is 0. The van der Waals surface area contributed by atoms with E-state index in [0.29, 0.717) is 11.5 Å². The Morgan fingerprint density at radius 3 is 1.62 bits per heavy atom. The highest BCUT2D eigenvalue weighted by molar-refractivity contribution is 5.39. The first-order chi connectivity index (χ1) is 11.4. The first-order valence-corrected chi connectivity index (χ1v) is 8.01. The van der Waals surface area contributed by atoms with Crippen molar-refractivity contribution in [3.8, 4) is 11.5 Å². The second kappa shape index (κ2) is 7.69. The maximum Gasteiger partial charge on any atom is 0.118 e. The van der Waals surface area contributed by atoms with E-state index in [1.807, 2.05) is 43.3 Å². The van der Waals surface area contributed by atoms with Crippen molar-refractivity contribution < 1.29 is 10.2 Å². The Kier molecular flexibility index (Phi) is 5.64. The number of para-hydroxylation sites is 1. The minimum atomic E-state index is -0.0328. The van der Waals surface area contributed by atoms with Gasteiger partial charge in [-0.1, -0.05) is 74.5 Å². The Balaban J connectivity index is 0.000000219. The predicted molar refractivity (Wildman–Crippen MR) is 99.5 cm³/mol. The van der Waals surface area contributed by atoms with Crippen molar-refractivity contribution in [1.82, 2.24) is 0 Å². The zero-order valence-electron chi connectivity index (χ0n) is 14.4. The summed E-state index contributed by atoms with van der Waals surface area (Å²) in [6.45, 7) is 6.25. The van der Waals surface area contributed by atoms with Crippen molar-refractivity contribution in [2.24, 2.45) is 0 Å².